The summed E-state index contributed by atoms with van der Waals surface area (Å²) in [6.07, 6.45) is 3.16. The van der Waals surface area contributed by atoms with Crippen LogP contribution < -0.4 is 0 Å². The fourth-order valence-corrected chi connectivity index (χ4v) is 2.42. The standard InChI is InChI=1S/C16H11NO2/c1-10(18)14-15(11-5-3-2-4-6-11)12-7-8-17-9-13(12)16(14)19/h2-9H,1H3. The summed E-state index contributed by atoms with van der Waals surface area (Å²) >= 11 is 0. The first-order valence-corrected chi connectivity index (χ1v) is 6.00. The first-order valence-electron chi connectivity index (χ1n) is 6.00. The number of nitrogens with zero attached hydrogens (tertiary/aromatic N) is 1. The number of Topliss-reactive ketones (excluding diaryl/α,β-unsaturated/α-hetero) is 2. The van der Waals surface area contributed by atoms with E-state index >= 15 is 0 Å². The van der Waals surface area contributed by atoms with Crippen LogP contribution in [0.4, 0.5) is 0 Å². The van der Waals surface area contributed by atoms with Crippen molar-refractivity contribution >= 4 is 17.1 Å². The molecule has 0 N–H and O–H groups in total. The normalized spacial score (nSPS) is 13.6. The SMILES string of the molecule is CC(=O)C1=C(c2ccccc2)c2ccncc2C1=O. The quantitative estimate of drug-likeness (QED) is 0.769. The summed E-state index contributed by atoms with van der Waals surface area (Å²) in [4.78, 5) is 28.1. The summed E-state index contributed by atoms with van der Waals surface area (Å²) in [5.74, 6) is -0.436. The summed E-state index contributed by atoms with van der Waals surface area (Å²) < 4.78 is 0. The van der Waals surface area contributed by atoms with Crippen molar-refractivity contribution in [2.24, 2.45) is 0 Å². The van der Waals surface area contributed by atoms with E-state index < -0.39 is 0 Å². The number of ketones is 2. The van der Waals surface area contributed by atoms with Gasteiger partial charge in [-0.15, -0.1) is 0 Å². The van der Waals surface area contributed by atoms with E-state index in [4.69, 9.17) is 0 Å². The Morgan fingerprint density at radius 1 is 1.05 bits per heavy atom. The van der Waals surface area contributed by atoms with E-state index in [1.54, 1.807) is 12.3 Å². The number of benzene rings is 1. The van der Waals surface area contributed by atoms with Gasteiger partial charge in [0.05, 0.1) is 5.57 Å². The number of carbonyl (C=O) groups is 2. The third-order valence-corrected chi connectivity index (χ3v) is 3.23. The Kier molecular flexibility index (Phi) is 2.60. The van der Waals surface area contributed by atoms with Crippen molar-refractivity contribution in [1.82, 2.24) is 4.98 Å². The lowest BCUT2D eigenvalue weighted by Crippen LogP contribution is -2.07. The van der Waals surface area contributed by atoms with Gasteiger partial charge < -0.3 is 0 Å². The lowest BCUT2D eigenvalue weighted by Gasteiger charge is -2.05. The van der Waals surface area contributed by atoms with Crippen molar-refractivity contribution in [3.63, 3.8) is 0 Å². The van der Waals surface area contributed by atoms with Crippen LogP contribution in [-0.4, -0.2) is 16.6 Å². The molecule has 3 heteroatoms. The number of aromatic nitrogens is 1. The molecule has 92 valence electrons. The average Bonchev–Trinajstić information content (AvgIpc) is 2.74. The van der Waals surface area contributed by atoms with E-state index in [9.17, 15) is 9.59 Å². The molecule has 3 rings (SSSR count). The van der Waals surface area contributed by atoms with Gasteiger partial charge in [-0.05, 0) is 24.1 Å². The smallest absolute Gasteiger partial charge is 0.199 e. The van der Waals surface area contributed by atoms with Gasteiger partial charge in [-0.3, -0.25) is 14.6 Å². The Labute approximate surface area is 110 Å². The van der Waals surface area contributed by atoms with Crippen molar-refractivity contribution in [2.45, 2.75) is 6.92 Å². The van der Waals surface area contributed by atoms with Gasteiger partial charge in [0.15, 0.2) is 11.6 Å². The van der Waals surface area contributed by atoms with E-state index in [2.05, 4.69) is 4.98 Å². The third-order valence-electron chi connectivity index (χ3n) is 3.23. The number of fused-ring (bicyclic) bond motifs is 1. The summed E-state index contributed by atoms with van der Waals surface area (Å²) in [7, 11) is 0. The highest BCUT2D eigenvalue weighted by Gasteiger charge is 2.32. The molecule has 1 aromatic carbocycles. The van der Waals surface area contributed by atoms with E-state index in [-0.39, 0.29) is 17.1 Å². The lowest BCUT2D eigenvalue weighted by molar-refractivity contribution is -0.113. The van der Waals surface area contributed by atoms with Gasteiger partial charge in [0.1, 0.15) is 0 Å². The predicted octanol–water partition coefficient (Wildman–Crippen LogP) is 2.67. The minimum Gasteiger partial charge on any atom is -0.294 e. The highest BCUT2D eigenvalue weighted by atomic mass is 16.1. The first-order chi connectivity index (χ1) is 9.20. The second kappa shape index (κ2) is 4.28. The van der Waals surface area contributed by atoms with Crippen LogP contribution in [-0.2, 0) is 4.79 Å². The largest absolute Gasteiger partial charge is 0.294 e. The van der Waals surface area contributed by atoms with Crippen LogP contribution in [0.1, 0.15) is 28.4 Å². The lowest BCUT2D eigenvalue weighted by atomic mass is 9.97. The number of rotatable bonds is 2. The molecule has 19 heavy (non-hydrogen) atoms. The predicted molar refractivity (Wildman–Crippen MR) is 71.7 cm³/mol. The van der Waals surface area contributed by atoms with Crippen molar-refractivity contribution in [2.75, 3.05) is 0 Å². The molecule has 0 fully saturated rings. The molecule has 0 unspecified atom stereocenters. The Balaban J connectivity index is 2.33. The zero-order valence-corrected chi connectivity index (χ0v) is 10.4. The van der Waals surface area contributed by atoms with E-state index in [1.807, 2.05) is 30.3 Å². The van der Waals surface area contributed by atoms with Gasteiger partial charge in [0.25, 0.3) is 0 Å². The molecule has 0 bridgehead atoms. The van der Waals surface area contributed by atoms with Gasteiger partial charge in [0, 0.05) is 23.5 Å². The van der Waals surface area contributed by atoms with Crippen LogP contribution in [0.5, 0.6) is 0 Å². The van der Waals surface area contributed by atoms with Crippen LogP contribution in [0.15, 0.2) is 54.4 Å². The van der Waals surface area contributed by atoms with Gasteiger partial charge in [-0.1, -0.05) is 30.3 Å². The monoisotopic (exact) mass is 249 g/mol. The molecule has 1 aliphatic carbocycles. The van der Waals surface area contributed by atoms with Gasteiger partial charge in [-0.25, -0.2) is 0 Å². The first kappa shape index (κ1) is 11.5. The zero-order chi connectivity index (χ0) is 13.4. The highest BCUT2D eigenvalue weighted by Crippen LogP contribution is 2.37. The van der Waals surface area contributed by atoms with E-state index in [1.165, 1.54) is 13.1 Å². The molecule has 3 nitrogen and oxygen atoms in total. The molecule has 1 aliphatic rings. The maximum Gasteiger partial charge on any atom is 0.199 e. The molecule has 1 aromatic heterocycles. The number of pyridine rings is 1. The number of allylic oxidation sites excluding steroid dienone is 1. The van der Waals surface area contributed by atoms with Crippen LogP contribution in [0, 0.1) is 0 Å². The summed E-state index contributed by atoms with van der Waals surface area (Å²) in [5, 5.41) is 0. The molecule has 1 heterocycles. The topological polar surface area (TPSA) is 47.0 Å². The number of hydrogen-bond acceptors (Lipinski definition) is 3. The molecule has 0 atom stereocenters. The second-order valence-electron chi connectivity index (χ2n) is 4.42. The van der Waals surface area contributed by atoms with Crippen LogP contribution in [0.2, 0.25) is 0 Å². The Bertz CT molecular complexity index is 715. The van der Waals surface area contributed by atoms with Crippen LogP contribution >= 0.6 is 0 Å². The number of hydrogen-bond donors (Lipinski definition) is 0. The van der Waals surface area contributed by atoms with E-state index in [0.29, 0.717) is 5.56 Å². The fraction of sp³-hybridized carbons (Fsp3) is 0.0625. The van der Waals surface area contributed by atoms with Crippen LogP contribution in [0.25, 0.3) is 5.57 Å². The molecule has 0 radical (unpaired) electrons. The second-order valence-corrected chi connectivity index (χ2v) is 4.42. The number of carbonyl (C=O) groups excluding carboxylic acids is 2. The van der Waals surface area contributed by atoms with Crippen molar-refractivity contribution in [3.05, 3.63) is 71.1 Å². The Hall–Kier alpha value is -2.55. The van der Waals surface area contributed by atoms with Crippen molar-refractivity contribution in [3.8, 4) is 0 Å². The summed E-state index contributed by atoms with van der Waals surface area (Å²) in [6.45, 7) is 1.43. The summed E-state index contributed by atoms with van der Waals surface area (Å²) in [5.41, 5.74) is 3.15. The van der Waals surface area contributed by atoms with Crippen molar-refractivity contribution < 1.29 is 9.59 Å². The maximum atomic E-state index is 12.3. The van der Waals surface area contributed by atoms with Gasteiger partial charge in [-0.2, -0.15) is 0 Å². The van der Waals surface area contributed by atoms with Crippen LogP contribution in [0.3, 0.4) is 0 Å². The van der Waals surface area contributed by atoms with E-state index in [0.717, 1.165) is 16.7 Å². The average molecular weight is 249 g/mol. The molecule has 0 aliphatic heterocycles. The zero-order valence-electron chi connectivity index (χ0n) is 10.4. The highest BCUT2D eigenvalue weighted by molar-refractivity contribution is 6.36. The minimum absolute atomic E-state index is 0.208. The fourth-order valence-electron chi connectivity index (χ4n) is 2.42. The Morgan fingerprint density at radius 3 is 2.47 bits per heavy atom. The molecular weight excluding hydrogens is 238 g/mol. The van der Waals surface area contributed by atoms with Gasteiger partial charge >= 0.3 is 0 Å². The van der Waals surface area contributed by atoms with Gasteiger partial charge in [0.2, 0.25) is 0 Å². The molecule has 0 amide bonds. The molecule has 0 saturated heterocycles. The molecule has 0 spiro atoms. The minimum atomic E-state index is -0.227. The molecular formula is C16H11NO2. The maximum absolute atomic E-state index is 12.3. The molecule has 2 aromatic rings. The Morgan fingerprint density at radius 2 is 1.79 bits per heavy atom. The van der Waals surface area contributed by atoms with Crippen molar-refractivity contribution in [1.29, 1.82) is 0 Å². The summed E-state index contributed by atoms with van der Waals surface area (Å²) in [6, 6.07) is 11.3. The third kappa shape index (κ3) is 1.71. The molecule has 0 saturated carbocycles.